The van der Waals surface area contributed by atoms with Crippen LogP contribution in [0.15, 0.2) is 29.2 Å². The van der Waals surface area contributed by atoms with Gasteiger partial charge in [0, 0.05) is 13.1 Å². The molecule has 0 N–H and O–H groups in total. The number of amides is 3. The average Bonchev–Trinajstić information content (AvgIpc) is 3.22. The quantitative estimate of drug-likeness (QED) is 0.734. The van der Waals surface area contributed by atoms with E-state index in [4.69, 9.17) is 0 Å². The van der Waals surface area contributed by atoms with Crippen LogP contribution < -0.4 is 0 Å². The third-order valence-electron chi connectivity index (χ3n) is 4.89. The Morgan fingerprint density at radius 2 is 1.89 bits per heavy atom. The summed E-state index contributed by atoms with van der Waals surface area (Å²) in [4.78, 5) is 39.4. The average molecular weight is 411 g/mol. The van der Waals surface area contributed by atoms with Gasteiger partial charge in [0.05, 0.1) is 28.4 Å². The first-order valence-corrected chi connectivity index (χ1v) is 11.3. The van der Waals surface area contributed by atoms with E-state index in [0.29, 0.717) is 19.5 Å². The van der Waals surface area contributed by atoms with Crippen molar-refractivity contribution in [1.29, 1.82) is 0 Å². The third kappa shape index (κ3) is 4.03. The number of carbonyl (C=O) groups is 3. The highest BCUT2D eigenvalue weighted by molar-refractivity contribution is 8.14. The van der Waals surface area contributed by atoms with E-state index in [1.54, 1.807) is 30.9 Å². The highest BCUT2D eigenvalue weighted by atomic mass is 32.2. The van der Waals surface area contributed by atoms with Crippen molar-refractivity contribution >= 4 is 38.7 Å². The maximum Gasteiger partial charge on any atom is 0.289 e. The lowest BCUT2D eigenvalue weighted by molar-refractivity contribution is -0.131. The molecule has 3 amide bonds. The van der Waals surface area contributed by atoms with Gasteiger partial charge in [0.25, 0.3) is 5.24 Å². The predicted octanol–water partition coefficient (Wildman–Crippen LogP) is 1.71. The molecule has 0 bridgehead atoms. The van der Waals surface area contributed by atoms with Crippen molar-refractivity contribution in [1.82, 2.24) is 9.80 Å². The molecule has 1 aromatic rings. The fourth-order valence-electron chi connectivity index (χ4n) is 3.25. The maximum absolute atomic E-state index is 12.5. The molecular formula is C18H22N2O5S2. The summed E-state index contributed by atoms with van der Waals surface area (Å²) in [5, 5.41) is -0.734. The highest BCUT2D eigenvalue weighted by Crippen LogP contribution is 2.26. The topological polar surface area (TPSA) is 91.8 Å². The molecule has 0 aromatic heterocycles. The first-order chi connectivity index (χ1) is 12.7. The number of likely N-dealkylation sites (tertiary alicyclic amines) is 1. The van der Waals surface area contributed by atoms with E-state index < -0.39 is 15.1 Å². The van der Waals surface area contributed by atoms with Gasteiger partial charge in [0.15, 0.2) is 9.84 Å². The summed E-state index contributed by atoms with van der Waals surface area (Å²) >= 11 is 1.00. The van der Waals surface area contributed by atoms with Gasteiger partial charge < -0.3 is 4.90 Å². The fraction of sp³-hybridized carbons (Fsp3) is 0.500. The van der Waals surface area contributed by atoms with Crippen molar-refractivity contribution in [3.05, 3.63) is 29.8 Å². The number of benzene rings is 1. The van der Waals surface area contributed by atoms with Gasteiger partial charge in [0.2, 0.25) is 11.8 Å². The van der Waals surface area contributed by atoms with Gasteiger partial charge >= 0.3 is 0 Å². The summed E-state index contributed by atoms with van der Waals surface area (Å²) in [5.74, 6) is -0.107. The lowest BCUT2D eigenvalue weighted by Crippen LogP contribution is -2.41. The molecule has 1 aromatic carbocycles. The SMILES string of the molecule is CC(C)S(=O)(=O)c1ccc(CC(=O)N2CCC(N3C(=O)CSC3=O)C2)cc1. The zero-order valence-electron chi connectivity index (χ0n) is 15.3. The number of nitrogens with zero attached hydrogens (tertiary/aromatic N) is 2. The van der Waals surface area contributed by atoms with E-state index in [1.807, 2.05) is 0 Å². The van der Waals surface area contributed by atoms with Crippen LogP contribution in [0.2, 0.25) is 0 Å². The van der Waals surface area contributed by atoms with Gasteiger partial charge in [-0.15, -0.1) is 0 Å². The molecule has 9 heteroatoms. The molecule has 0 aliphatic carbocycles. The van der Waals surface area contributed by atoms with Gasteiger partial charge in [-0.05, 0) is 38.0 Å². The highest BCUT2D eigenvalue weighted by Gasteiger charge is 2.40. The Kier molecular flexibility index (Phi) is 5.62. The largest absolute Gasteiger partial charge is 0.340 e. The van der Waals surface area contributed by atoms with E-state index in [9.17, 15) is 22.8 Å². The molecule has 2 heterocycles. The van der Waals surface area contributed by atoms with E-state index >= 15 is 0 Å². The Morgan fingerprint density at radius 3 is 2.44 bits per heavy atom. The van der Waals surface area contributed by atoms with Gasteiger partial charge in [0.1, 0.15) is 0 Å². The molecule has 1 atom stereocenters. The van der Waals surface area contributed by atoms with Crippen LogP contribution in [0.4, 0.5) is 4.79 Å². The molecule has 0 spiro atoms. The van der Waals surface area contributed by atoms with Crippen LogP contribution in [0.25, 0.3) is 0 Å². The molecule has 0 saturated carbocycles. The molecule has 2 aliphatic rings. The van der Waals surface area contributed by atoms with Gasteiger partial charge in [-0.1, -0.05) is 23.9 Å². The lowest BCUT2D eigenvalue weighted by Gasteiger charge is -2.22. The van der Waals surface area contributed by atoms with Crippen molar-refractivity contribution < 1.29 is 22.8 Å². The first-order valence-electron chi connectivity index (χ1n) is 8.79. The summed E-state index contributed by atoms with van der Waals surface area (Å²) in [7, 11) is -3.33. The number of imide groups is 1. The van der Waals surface area contributed by atoms with E-state index in [0.717, 1.165) is 17.3 Å². The van der Waals surface area contributed by atoms with Crippen molar-refractivity contribution in [3.8, 4) is 0 Å². The second-order valence-electron chi connectivity index (χ2n) is 7.02. The van der Waals surface area contributed by atoms with E-state index in [2.05, 4.69) is 0 Å². The summed E-state index contributed by atoms with van der Waals surface area (Å²) in [6.07, 6.45) is 0.751. The number of hydrogen-bond donors (Lipinski definition) is 0. The molecule has 27 heavy (non-hydrogen) atoms. The summed E-state index contributed by atoms with van der Waals surface area (Å²) < 4.78 is 24.3. The molecule has 1 unspecified atom stereocenters. The summed E-state index contributed by atoms with van der Waals surface area (Å²) in [6, 6.07) is 6.13. The number of sulfone groups is 1. The normalized spacial score (nSPS) is 20.8. The zero-order chi connectivity index (χ0) is 19.8. The van der Waals surface area contributed by atoms with Crippen molar-refractivity contribution in [2.45, 2.75) is 42.9 Å². The number of carbonyl (C=O) groups excluding carboxylic acids is 3. The Hall–Kier alpha value is -1.87. The Labute approximate surface area is 163 Å². The standard InChI is InChI=1S/C18H22N2O5S2/c1-12(2)27(24,25)15-5-3-13(4-6-15)9-16(21)19-8-7-14(10-19)20-17(22)11-26-18(20)23/h3-6,12,14H,7-11H2,1-2H3. The minimum atomic E-state index is -3.33. The number of thioether (sulfide) groups is 1. The second kappa shape index (κ2) is 7.63. The van der Waals surface area contributed by atoms with Gasteiger partial charge in [-0.2, -0.15) is 0 Å². The molecular weight excluding hydrogens is 388 g/mol. The summed E-state index contributed by atoms with van der Waals surface area (Å²) in [5.41, 5.74) is 0.732. The smallest absolute Gasteiger partial charge is 0.289 e. The number of hydrogen-bond acceptors (Lipinski definition) is 6. The maximum atomic E-state index is 12.5. The van der Waals surface area contributed by atoms with Crippen LogP contribution in [-0.4, -0.2) is 65.4 Å². The fourth-order valence-corrected chi connectivity index (χ4v) is 5.09. The zero-order valence-corrected chi connectivity index (χ0v) is 16.9. The van der Waals surface area contributed by atoms with Gasteiger partial charge in [-0.3, -0.25) is 19.3 Å². The molecule has 2 saturated heterocycles. The van der Waals surface area contributed by atoms with E-state index in [-0.39, 0.29) is 40.2 Å². The van der Waals surface area contributed by atoms with Crippen LogP contribution in [0, 0.1) is 0 Å². The van der Waals surface area contributed by atoms with Crippen molar-refractivity contribution in [2.75, 3.05) is 18.8 Å². The van der Waals surface area contributed by atoms with Crippen LogP contribution in [-0.2, 0) is 25.8 Å². The Bertz CT molecular complexity index is 848. The molecule has 2 aliphatic heterocycles. The minimum absolute atomic E-state index is 0.0938. The van der Waals surface area contributed by atoms with Crippen LogP contribution in [0.1, 0.15) is 25.8 Å². The molecule has 2 fully saturated rings. The van der Waals surface area contributed by atoms with Gasteiger partial charge in [-0.25, -0.2) is 8.42 Å². The van der Waals surface area contributed by atoms with Crippen LogP contribution in [0.3, 0.4) is 0 Å². The molecule has 3 rings (SSSR count). The predicted molar refractivity (Wildman–Crippen MR) is 102 cm³/mol. The first kappa shape index (κ1) is 19.9. The van der Waals surface area contributed by atoms with E-state index in [1.165, 1.54) is 17.0 Å². The second-order valence-corrected chi connectivity index (χ2v) is 10.4. The molecule has 7 nitrogen and oxygen atoms in total. The Balaban J connectivity index is 1.61. The molecule has 0 radical (unpaired) electrons. The minimum Gasteiger partial charge on any atom is -0.340 e. The van der Waals surface area contributed by atoms with Crippen LogP contribution >= 0.6 is 11.8 Å². The monoisotopic (exact) mass is 410 g/mol. The lowest BCUT2D eigenvalue weighted by atomic mass is 10.1. The molecule has 146 valence electrons. The third-order valence-corrected chi connectivity index (χ3v) is 7.90. The van der Waals surface area contributed by atoms with Crippen molar-refractivity contribution in [3.63, 3.8) is 0 Å². The van der Waals surface area contributed by atoms with Crippen LogP contribution in [0.5, 0.6) is 0 Å². The summed E-state index contributed by atoms with van der Waals surface area (Å²) in [6.45, 7) is 4.12. The Morgan fingerprint density at radius 1 is 1.22 bits per heavy atom. The van der Waals surface area contributed by atoms with Crippen molar-refractivity contribution in [2.24, 2.45) is 0 Å². The number of rotatable bonds is 5.